The van der Waals surface area contributed by atoms with Crippen LogP contribution in [0.4, 0.5) is 13.2 Å². The van der Waals surface area contributed by atoms with Gasteiger partial charge in [-0.05, 0) is 6.92 Å². The fraction of sp³-hybridized carbons (Fsp3) is 0.750. The van der Waals surface area contributed by atoms with E-state index in [9.17, 15) is 21.6 Å². The maximum absolute atomic E-state index is 12.0. The van der Waals surface area contributed by atoms with Gasteiger partial charge < -0.3 is 9.80 Å². The van der Waals surface area contributed by atoms with E-state index in [1.165, 1.54) is 23.0 Å². The zero-order valence-electron chi connectivity index (χ0n) is 9.31. The van der Waals surface area contributed by atoms with Crippen LogP contribution in [0, 0.1) is 0 Å². The van der Waals surface area contributed by atoms with Gasteiger partial charge in [0.25, 0.3) is 10.1 Å². The van der Waals surface area contributed by atoms with Gasteiger partial charge in [0.1, 0.15) is 0 Å². The quantitative estimate of drug-likeness (QED) is 0.713. The standard InChI is InChI=1S/C8H13F3N2O3S/c1-3-13-5-4-12(2)7(13)16-17(14,15)6-8(9,10)11/h4-5,7H,3,6H2,1-2H3. The highest BCUT2D eigenvalue weighted by molar-refractivity contribution is 7.86. The maximum atomic E-state index is 12.0. The van der Waals surface area contributed by atoms with Crippen molar-refractivity contribution in [3.05, 3.63) is 12.4 Å². The van der Waals surface area contributed by atoms with Crippen LogP contribution in [0.2, 0.25) is 0 Å². The van der Waals surface area contributed by atoms with Gasteiger partial charge in [-0.1, -0.05) is 0 Å². The van der Waals surface area contributed by atoms with E-state index in [-0.39, 0.29) is 0 Å². The Bertz CT molecular complexity index is 393. The van der Waals surface area contributed by atoms with E-state index in [1.807, 2.05) is 0 Å². The fourth-order valence-corrected chi connectivity index (χ4v) is 2.30. The molecule has 1 aliphatic rings. The van der Waals surface area contributed by atoms with E-state index in [4.69, 9.17) is 0 Å². The number of hydrogen-bond donors (Lipinski definition) is 0. The molecule has 17 heavy (non-hydrogen) atoms. The van der Waals surface area contributed by atoms with Crippen molar-refractivity contribution in [2.24, 2.45) is 0 Å². The van der Waals surface area contributed by atoms with Gasteiger partial charge in [0, 0.05) is 26.0 Å². The Morgan fingerprint density at radius 2 is 1.94 bits per heavy atom. The molecule has 0 amide bonds. The number of hydrogen-bond acceptors (Lipinski definition) is 5. The van der Waals surface area contributed by atoms with Crippen LogP contribution in [-0.4, -0.2) is 50.1 Å². The van der Waals surface area contributed by atoms with Gasteiger partial charge in [0.15, 0.2) is 5.75 Å². The molecule has 1 unspecified atom stereocenters. The predicted molar refractivity (Wildman–Crippen MR) is 54.0 cm³/mol. The van der Waals surface area contributed by atoms with Crippen molar-refractivity contribution < 1.29 is 25.8 Å². The van der Waals surface area contributed by atoms with Crippen LogP contribution in [0.25, 0.3) is 0 Å². The van der Waals surface area contributed by atoms with E-state index >= 15 is 0 Å². The molecule has 1 atom stereocenters. The van der Waals surface area contributed by atoms with E-state index in [2.05, 4.69) is 4.18 Å². The molecule has 0 saturated carbocycles. The first-order chi connectivity index (χ1) is 7.64. The molecule has 0 saturated heterocycles. The molecule has 1 heterocycles. The molecule has 0 fully saturated rings. The van der Waals surface area contributed by atoms with E-state index in [1.54, 1.807) is 13.1 Å². The van der Waals surface area contributed by atoms with Gasteiger partial charge in [-0.25, -0.2) is 4.18 Å². The lowest BCUT2D eigenvalue weighted by atomic mass is 10.6. The summed E-state index contributed by atoms with van der Waals surface area (Å²) in [6.07, 6.45) is -2.78. The van der Waals surface area contributed by atoms with Gasteiger partial charge in [0.05, 0.1) is 0 Å². The minimum absolute atomic E-state index is 0.424. The molecule has 1 rings (SSSR count). The van der Waals surface area contributed by atoms with Crippen molar-refractivity contribution in [1.82, 2.24) is 9.80 Å². The van der Waals surface area contributed by atoms with Crippen molar-refractivity contribution in [2.75, 3.05) is 19.3 Å². The second-order valence-corrected chi connectivity index (χ2v) is 5.13. The van der Waals surface area contributed by atoms with Crippen LogP contribution in [0.3, 0.4) is 0 Å². The van der Waals surface area contributed by atoms with Gasteiger partial charge in [-0.2, -0.15) is 21.6 Å². The van der Waals surface area contributed by atoms with E-state index in [0.29, 0.717) is 6.54 Å². The molecule has 1 aliphatic heterocycles. The number of alkyl halides is 3. The molecule has 0 spiro atoms. The summed E-state index contributed by atoms with van der Waals surface area (Å²) in [6, 6.07) is 0. The first-order valence-corrected chi connectivity index (χ1v) is 6.36. The average Bonchev–Trinajstić information content (AvgIpc) is 2.43. The normalized spacial score (nSPS) is 21.4. The molecule has 5 nitrogen and oxygen atoms in total. The SMILES string of the molecule is CCN1C=CN(C)C1OS(=O)(=O)CC(F)(F)F. The minimum atomic E-state index is -4.81. The van der Waals surface area contributed by atoms with Crippen molar-refractivity contribution in [3.8, 4) is 0 Å². The topological polar surface area (TPSA) is 49.9 Å². The highest BCUT2D eigenvalue weighted by atomic mass is 32.2. The second-order valence-electron chi connectivity index (χ2n) is 3.53. The van der Waals surface area contributed by atoms with Crippen LogP contribution in [0.5, 0.6) is 0 Å². The van der Waals surface area contributed by atoms with Gasteiger partial charge in [-0.3, -0.25) is 0 Å². The Balaban J connectivity index is 2.71. The van der Waals surface area contributed by atoms with Crippen LogP contribution >= 0.6 is 0 Å². The number of nitrogens with zero attached hydrogens (tertiary/aromatic N) is 2. The Morgan fingerprint density at radius 3 is 2.41 bits per heavy atom. The van der Waals surface area contributed by atoms with Crippen molar-refractivity contribution in [2.45, 2.75) is 19.5 Å². The zero-order chi connectivity index (χ0) is 13.3. The summed E-state index contributed by atoms with van der Waals surface area (Å²) < 4.78 is 62.9. The van der Waals surface area contributed by atoms with Gasteiger partial charge in [0.2, 0.25) is 6.35 Å². The molecule has 0 aliphatic carbocycles. The highest BCUT2D eigenvalue weighted by Gasteiger charge is 2.39. The molecular formula is C8H13F3N2O3S. The monoisotopic (exact) mass is 274 g/mol. The third-order valence-electron chi connectivity index (χ3n) is 2.06. The first-order valence-electron chi connectivity index (χ1n) is 4.78. The Morgan fingerprint density at radius 1 is 1.35 bits per heavy atom. The maximum Gasteiger partial charge on any atom is 0.405 e. The third kappa shape index (κ3) is 4.08. The van der Waals surface area contributed by atoms with Crippen LogP contribution in [-0.2, 0) is 14.3 Å². The summed E-state index contributed by atoms with van der Waals surface area (Å²) in [6.45, 7) is 2.16. The van der Waals surface area contributed by atoms with E-state index < -0.39 is 28.4 Å². The molecule has 0 aromatic heterocycles. The average molecular weight is 274 g/mol. The molecule has 0 aromatic carbocycles. The first kappa shape index (κ1) is 14.1. The molecule has 0 bridgehead atoms. The lowest BCUT2D eigenvalue weighted by Gasteiger charge is -2.28. The number of halogens is 3. The smallest absolute Gasteiger partial charge is 0.336 e. The Kier molecular flexibility index (Phi) is 3.92. The zero-order valence-corrected chi connectivity index (χ0v) is 10.1. The number of rotatable bonds is 4. The van der Waals surface area contributed by atoms with E-state index in [0.717, 1.165) is 0 Å². The summed E-state index contributed by atoms with van der Waals surface area (Å²) in [5.74, 6) is -1.98. The van der Waals surface area contributed by atoms with Crippen molar-refractivity contribution in [3.63, 3.8) is 0 Å². The van der Waals surface area contributed by atoms with Gasteiger partial charge in [-0.15, -0.1) is 0 Å². The van der Waals surface area contributed by atoms with Crippen molar-refractivity contribution >= 4 is 10.1 Å². The summed E-state index contributed by atoms with van der Waals surface area (Å²) in [5, 5.41) is 0. The third-order valence-corrected chi connectivity index (χ3v) is 3.21. The second kappa shape index (κ2) is 4.73. The molecule has 100 valence electrons. The fourth-order valence-electron chi connectivity index (χ4n) is 1.32. The lowest BCUT2D eigenvalue weighted by Crippen LogP contribution is -2.42. The summed E-state index contributed by atoms with van der Waals surface area (Å²) in [7, 11) is -3.13. The van der Waals surface area contributed by atoms with Crippen LogP contribution in [0.15, 0.2) is 12.4 Å². The molecule has 9 heteroatoms. The largest absolute Gasteiger partial charge is 0.405 e. The van der Waals surface area contributed by atoms with Crippen molar-refractivity contribution in [1.29, 1.82) is 0 Å². The van der Waals surface area contributed by atoms with Crippen LogP contribution < -0.4 is 0 Å². The summed E-state index contributed by atoms with van der Waals surface area (Å²) >= 11 is 0. The van der Waals surface area contributed by atoms with Gasteiger partial charge >= 0.3 is 6.18 Å². The lowest BCUT2D eigenvalue weighted by molar-refractivity contribution is -0.109. The molecular weight excluding hydrogens is 261 g/mol. The van der Waals surface area contributed by atoms with Crippen LogP contribution in [0.1, 0.15) is 6.92 Å². The molecule has 0 radical (unpaired) electrons. The highest BCUT2D eigenvalue weighted by Crippen LogP contribution is 2.22. The summed E-state index contributed by atoms with van der Waals surface area (Å²) in [4.78, 5) is 2.84. The molecule has 0 aromatic rings. The Labute approximate surface area is 97.6 Å². The minimum Gasteiger partial charge on any atom is -0.336 e. The Hall–Kier alpha value is -0.960. The summed E-state index contributed by atoms with van der Waals surface area (Å²) in [5.41, 5.74) is 0. The predicted octanol–water partition coefficient (Wildman–Crippen LogP) is 0.917. The molecule has 0 N–H and O–H groups in total.